The maximum Gasteiger partial charge on any atom is 0.231 e. The lowest BCUT2D eigenvalue weighted by molar-refractivity contribution is -0.119. The number of carbonyl (C=O) groups excluding carboxylic acids is 1. The van der Waals surface area contributed by atoms with E-state index in [0.717, 1.165) is 50.5 Å². The van der Waals surface area contributed by atoms with E-state index in [1.54, 1.807) is 7.05 Å². The molecule has 1 saturated heterocycles. The summed E-state index contributed by atoms with van der Waals surface area (Å²) in [4.78, 5) is 17.3. The predicted molar refractivity (Wildman–Crippen MR) is 90.1 cm³/mol. The first-order valence-electron chi connectivity index (χ1n) is 8.03. The van der Waals surface area contributed by atoms with Crippen LogP contribution in [0.15, 0.2) is 17.4 Å². The van der Waals surface area contributed by atoms with Crippen LogP contribution >= 0.6 is 0 Å². The molecule has 2 rings (SSSR count). The third-order valence-corrected chi connectivity index (χ3v) is 3.93. The minimum atomic E-state index is -0.261. The van der Waals surface area contributed by atoms with Crippen LogP contribution in [-0.2, 0) is 11.3 Å². The highest BCUT2D eigenvalue weighted by molar-refractivity contribution is 5.80. The van der Waals surface area contributed by atoms with E-state index >= 15 is 0 Å². The second kappa shape index (κ2) is 8.52. The highest BCUT2D eigenvalue weighted by atomic mass is 16.1. The standard InChI is InChI=1S/C15H27N7O/c1-12-9-19-22(10-12)8-5-18-15(17-2)20-13-3-6-21(7-4-13)11-14(16)23/h9-10,13H,3-8,11H2,1-2H3,(H2,16,23)(H2,17,18,20). The Hall–Kier alpha value is -2.09. The van der Waals surface area contributed by atoms with Gasteiger partial charge in [0.05, 0.1) is 19.3 Å². The first-order valence-corrected chi connectivity index (χ1v) is 8.03. The van der Waals surface area contributed by atoms with Crippen molar-refractivity contribution in [1.29, 1.82) is 0 Å². The van der Waals surface area contributed by atoms with Gasteiger partial charge >= 0.3 is 0 Å². The third-order valence-electron chi connectivity index (χ3n) is 3.93. The van der Waals surface area contributed by atoms with Crippen molar-refractivity contribution >= 4 is 11.9 Å². The number of likely N-dealkylation sites (tertiary alicyclic amines) is 1. The van der Waals surface area contributed by atoms with Gasteiger partial charge in [0, 0.05) is 38.9 Å². The maximum absolute atomic E-state index is 10.9. The van der Waals surface area contributed by atoms with Crippen LogP contribution in [0.2, 0.25) is 0 Å². The van der Waals surface area contributed by atoms with E-state index in [4.69, 9.17) is 5.73 Å². The summed E-state index contributed by atoms with van der Waals surface area (Å²) in [5.41, 5.74) is 6.39. The first kappa shape index (κ1) is 17.3. The fraction of sp³-hybridized carbons (Fsp3) is 0.667. The average Bonchev–Trinajstić information content (AvgIpc) is 2.93. The van der Waals surface area contributed by atoms with Crippen LogP contribution < -0.4 is 16.4 Å². The van der Waals surface area contributed by atoms with Crippen molar-refractivity contribution in [2.75, 3.05) is 33.2 Å². The number of aryl methyl sites for hydroxylation is 1. The number of hydrogen-bond acceptors (Lipinski definition) is 4. The SMILES string of the molecule is CN=C(NCCn1cc(C)cn1)NC1CCN(CC(N)=O)CC1. The molecule has 0 atom stereocenters. The first-order chi connectivity index (χ1) is 11.1. The summed E-state index contributed by atoms with van der Waals surface area (Å²) in [5.74, 6) is 0.546. The zero-order valence-corrected chi connectivity index (χ0v) is 14.0. The van der Waals surface area contributed by atoms with Crippen LogP contribution in [0.4, 0.5) is 0 Å². The number of nitrogens with two attached hydrogens (primary N) is 1. The molecule has 1 amide bonds. The zero-order valence-electron chi connectivity index (χ0n) is 14.0. The van der Waals surface area contributed by atoms with Crippen molar-refractivity contribution in [3.05, 3.63) is 18.0 Å². The van der Waals surface area contributed by atoms with E-state index in [-0.39, 0.29) is 5.91 Å². The van der Waals surface area contributed by atoms with E-state index in [2.05, 4.69) is 25.6 Å². The van der Waals surface area contributed by atoms with Gasteiger partial charge in [-0.15, -0.1) is 0 Å². The van der Waals surface area contributed by atoms with E-state index in [1.165, 1.54) is 0 Å². The van der Waals surface area contributed by atoms with Crippen molar-refractivity contribution in [3.8, 4) is 0 Å². The molecule has 1 aromatic heterocycles. The van der Waals surface area contributed by atoms with Gasteiger partial charge in [-0.25, -0.2) is 0 Å². The number of piperidine rings is 1. The highest BCUT2D eigenvalue weighted by Crippen LogP contribution is 2.09. The van der Waals surface area contributed by atoms with Crippen LogP contribution in [0, 0.1) is 6.92 Å². The van der Waals surface area contributed by atoms with Crippen molar-refractivity contribution in [2.24, 2.45) is 10.7 Å². The molecule has 0 spiro atoms. The number of amides is 1. The second-order valence-corrected chi connectivity index (χ2v) is 5.94. The van der Waals surface area contributed by atoms with Crippen LogP contribution in [0.1, 0.15) is 18.4 Å². The molecule has 2 heterocycles. The quantitative estimate of drug-likeness (QED) is 0.475. The fourth-order valence-corrected chi connectivity index (χ4v) is 2.72. The maximum atomic E-state index is 10.9. The lowest BCUT2D eigenvalue weighted by atomic mass is 10.1. The Morgan fingerprint density at radius 1 is 1.48 bits per heavy atom. The Balaban J connectivity index is 1.68. The van der Waals surface area contributed by atoms with Crippen LogP contribution in [-0.4, -0.2) is 65.8 Å². The lowest BCUT2D eigenvalue weighted by Crippen LogP contribution is -2.50. The number of rotatable bonds is 6. The molecule has 0 aliphatic carbocycles. The van der Waals surface area contributed by atoms with Gasteiger partial charge in [0.2, 0.25) is 5.91 Å². The Morgan fingerprint density at radius 3 is 2.78 bits per heavy atom. The molecule has 0 bridgehead atoms. The van der Waals surface area contributed by atoms with Gasteiger partial charge in [0.1, 0.15) is 0 Å². The van der Waals surface area contributed by atoms with Crippen LogP contribution in [0.25, 0.3) is 0 Å². The van der Waals surface area contributed by atoms with E-state index < -0.39 is 0 Å². The molecule has 0 radical (unpaired) electrons. The smallest absolute Gasteiger partial charge is 0.231 e. The molecule has 128 valence electrons. The van der Waals surface area contributed by atoms with Crippen molar-refractivity contribution in [3.63, 3.8) is 0 Å². The summed E-state index contributed by atoms with van der Waals surface area (Å²) in [6.07, 6.45) is 5.83. The molecular weight excluding hydrogens is 294 g/mol. The minimum absolute atomic E-state index is 0.261. The van der Waals surface area contributed by atoms with E-state index in [0.29, 0.717) is 12.6 Å². The van der Waals surface area contributed by atoms with Gasteiger partial charge in [-0.3, -0.25) is 19.4 Å². The number of aromatic nitrogens is 2. The molecule has 1 aromatic rings. The summed E-state index contributed by atoms with van der Waals surface area (Å²) in [5, 5.41) is 11.0. The fourth-order valence-electron chi connectivity index (χ4n) is 2.72. The summed E-state index contributed by atoms with van der Waals surface area (Å²) in [6, 6.07) is 0.372. The highest BCUT2D eigenvalue weighted by Gasteiger charge is 2.20. The molecular formula is C15H27N7O. The molecule has 8 heteroatoms. The lowest BCUT2D eigenvalue weighted by Gasteiger charge is -2.32. The number of nitrogens with one attached hydrogen (secondary N) is 2. The van der Waals surface area contributed by atoms with Crippen LogP contribution in [0.5, 0.6) is 0 Å². The zero-order chi connectivity index (χ0) is 16.7. The number of primary amides is 1. The number of aliphatic imine (C=N–C) groups is 1. The molecule has 0 aromatic carbocycles. The van der Waals surface area contributed by atoms with Crippen molar-refractivity contribution in [1.82, 2.24) is 25.3 Å². The second-order valence-electron chi connectivity index (χ2n) is 5.94. The van der Waals surface area contributed by atoms with Gasteiger partial charge in [-0.2, -0.15) is 5.10 Å². The predicted octanol–water partition coefficient (Wildman–Crippen LogP) is -0.694. The summed E-state index contributed by atoms with van der Waals surface area (Å²) in [7, 11) is 1.77. The summed E-state index contributed by atoms with van der Waals surface area (Å²) < 4.78 is 1.91. The molecule has 1 aliphatic heterocycles. The molecule has 4 N–H and O–H groups in total. The minimum Gasteiger partial charge on any atom is -0.369 e. The summed E-state index contributed by atoms with van der Waals surface area (Å²) in [6.45, 7) is 5.70. The van der Waals surface area contributed by atoms with Gasteiger partial charge < -0.3 is 16.4 Å². The molecule has 8 nitrogen and oxygen atoms in total. The Labute approximate surface area is 137 Å². The molecule has 0 saturated carbocycles. The Morgan fingerprint density at radius 2 is 2.22 bits per heavy atom. The monoisotopic (exact) mass is 321 g/mol. The molecule has 23 heavy (non-hydrogen) atoms. The average molecular weight is 321 g/mol. The third kappa shape index (κ3) is 5.90. The van der Waals surface area contributed by atoms with Gasteiger partial charge in [0.25, 0.3) is 0 Å². The van der Waals surface area contributed by atoms with Gasteiger partial charge in [0.15, 0.2) is 5.96 Å². The van der Waals surface area contributed by atoms with Gasteiger partial charge in [-0.1, -0.05) is 0 Å². The number of guanidine groups is 1. The molecule has 0 unspecified atom stereocenters. The Bertz CT molecular complexity index is 532. The van der Waals surface area contributed by atoms with Gasteiger partial charge in [-0.05, 0) is 25.3 Å². The topological polar surface area (TPSA) is 101 Å². The van der Waals surface area contributed by atoms with Crippen molar-refractivity contribution in [2.45, 2.75) is 32.4 Å². The van der Waals surface area contributed by atoms with E-state index in [1.807, 2.05) is 24.0 Å². The Kier molecular flexibility index (Phi) is 6.40. The van der Waals surface area contributed by atoms with E-state index in [9.17, 15) is 4.79 Å². The molecule has 1 aliphatic rings. The van der Waals surface area contributed by atoms with Crippen LogP contribution in [0.3, 0.4) is 0 Å². The normalized spacial score (nSPS) is 17.2. The summed E-state index contributed by atoms with van der Waals surface area (Å²) >= 11 is 0. The number of nitrogens with zero attached hydrogens (tertiary/aromatic N) is 4. The molecule has 1 fully saturated rings. The number of carbonyl (C=O) groups is 1. The van der Waals surface area contributed by atoms with Crippen molar-refractivity contribution < 1.29 is 4.79 Å². The number of hydrogen-bond donors (Lipinski definition) is 3. The largest absolute Gasteiger partial charge is 0.369 e.